The van der Waals surface area contributed by atoms with Crippen LogP contribution in [0.4, 0.5) is 0 Å². The number of H-pyrrole nitrogens is 1. The van der Waals surface area contributed by atoms with Gasteiger partial charge in [-0.3, -0.25) is 4.90 Å². The van der Waals surface area contributed by atoms with E-state index in [1.165, 1.54) is 12.5 Å². The number of hydrogen-bond donors (Lipinski definition) is 2. The molecule has 3 rings (SSSR count). The maximum absolute atomic E-state index is 12.3. The van der Waals surface area contributed by atoms with Crippen molar-refractivity contribution < 1.29 is 8.42 Å². The van der Waals surface area contributed by atoms with Crippen LogP contribution < -0.4 is 5.32 Å². The molecule has 0 aromatic carbocycles. The molecule has 0 saturated carbocycles. The molecular formula is C11H19N5O2S. The van der Waals surface area contributed by atoms with Gasteiger partial charge < -0.3 is 10.3 Å². The Morgan fingerprint density at radius 2 is 2.05 bits per heavy atom. The number of nitrogens with zero attached hydrogens (tertiary/aromatic N) is 3. The monoisotopic (exact) mass is 285 g/mol. The molecule has 2 aliphatic rings. The summed E-state index contributed by atoms with van der Waals surface area (Å²) in [5.74, 6) is 0. The molecule has 2 fully saturated rings. The molecule has 0 bridgehead atoms. The third-order valence-electron chi connectivity index (χ3n) is 3.91. The van der Waals surface area contributed by atoms with Gasteiger partial charge in [0.05, 0.1) is 12.5 Å². The van der Waals surface area contributed by atoms with Gasteiger partial charge in [-0.2, -0.15) is 4.31 Å². The molecule has 7 nitrogen and oxygen atoms in total. The smallest absolute Gasteiger partial charge is 0.260 e. The molecule has 8 heteroatoms. The highest BCUT2D eigenvalue weighted by atomic mass is 32.2. The minimum absolute atomic E-state index is 0.184. The predicted octanol–water partition coefficient (Wildman–Crippen LogP) is -0.922. The zero-order valence-electron chi connectivity index (χ0n) is 10.7. The summed E-state index contributed by atoms with van der Waals surface area (Å²) in [6.07, 6.45) is 3.92. The van der Waals surface area contributed by atoms with Crippen molar-refractivity contribution in [2.45, 2.75) is 17.5 Å². The van der Waals surface area contributed by atoms with Crippen LogP contribution in [0.5, 0.6) is 0 Å². The Morgan fingerprint density at radius 1 is 1.26 bits per heavy atom. The van der Waals surface area contributed by atoms with Crippen LogP contribution in [-0.2, 0) is 10.0 Å². The fourth-order valence-corrected chi connectivity index (χ4v) is 4.10. The van der Waals surface area contributed by atoms with Crippen LogP contribution in [0.2, 0.25) is 0 Å². The molecule has 2 saturated heterocycles. The Labute approximate surface area is 113 Å². The minimum Gasteiger partial charge on any atom is -0.335 e. The van der Waals surface area contributed by atoms with Gasteiger partial charge in [-0.25, -0.2) is 13.4 Å². The number of aromatic nitrogens is 2. The molecule has 0 radical (unpaired) electrons. The number of nitrogens with one attached hydrogen (secondary N) is 2. The molecule has 3 heterocycles. The van der Waals surface area contributed by atoms with Crippen LogP contribution >= 0.6 is 0 Å². The zero-order chi connectivity index (χ0) is 13.3. The van der Waals surface area contributed by atoms with E-state index < -0.39 is 10.0 Å². The number of sulfonamides is 1. The van der Waals surface area contributed by atoms with Crippen molar-refractivity contribution in [1.82, 2.24) is 24.5 Å². The van der Waals surface area contributed by atoms with Gasteiger partial charge in [0.15, 0.2) is 5.03 Å². The maximum atomic E-state index is 12.3. The molecule has 1 aromatic heterocycles. The van der Waals surface area contributed by atoms with Crippen LogP contribution in [0.1, 0.15) is 6.42 Å². The first-order chi connectivity index (χ1) is 9.18. The van der Waals surface area contributed by atoms with Gasteiger partial charge in [-0.1, -0.05) is 0 Å². The number of piperazine rings is 1. The van der Waals surface area contributed by atoms with Crippen LogP contribution in [0, 0.1) is 0 Å². The van der Waals surface area contributed by atoms with Crippen molar-refractivity contribution in [3.05, 3.63) is 12.5 Å². The molecule has 2 aliphatic heterocycles. The second-order valence-electron chi connectivity index (χ2n) is 5.00. The number of aromatic amines is 1. The molecule has 0 aliphatic carbocycles. The van der Waals surface area contributed by atoms with E-state index in [4.69, 9.17) is 0 Å². The van der Waals surface area contributed by atoms with Gasteiger partial charge in [-0.05, 0) is 13.0 Å². The zero-order valence-corrected chi connectivity index (χ0v) is 11.6. The lowest BCUT2D eigenvalue weighted by atomic mass is 10.2. The van der Waals surface area contributed by atoms with Crippen LogP contribution in [-0.4, -0.2) is 72.9 Å². The molecule has 2 N–H and O–H groups in total. The normalized spacial score (nSPS) is 26.8. The summed E-state index contributed by atoms with van der Waals surface area (Å²) in [6.45, 7) is 4.81. The van der Waals surface area contributed by atoms with Crippen LogP contribution in [0.15, 0.2) is 17.6 Å². The summed E-state index contributed by atoms with van der Waals surface area (Å²) in [5.41, 5.74) is 0. The van der Waals surface area contributed by atoms with Gasteiger partial charge in [-0.15, -0.1) is 0 Å². The van der Waals surface area contributed by atoms with E-state index in [2.05, 4.69) is 20.2 Å². The highest BCUT2D eigenvalue weighted by Gasteiger charge is 2.32. The summed E-state index contributed by atoms with van der Waals surface area (Å²) >= 11 is 0. The fourth-order valence-electron chi connectivity index (χ4n) is 2.78. The van der Waals surface area contributed by atoms with Crippen molar-refractivity contribution in [3.63, 3.8) is 0 Å². The highest BCUT2D eigenvalue weighted by molar-refractivity contribution is 7.89. The van der Waals surface area contributed by atoms with Crippen molar-refractivity contribution in [2.24, 2.45) is 0 Å². The van der Waals surface area contributed by atoms with E-state index in [9.17, 15) is 8.42 Å². The van der Waals surface area contributed by atoms with E-state index >= 15 is 0 Å². The molecule has 1 atom stereocenters. The standard InChI is InChI=1S/C11H19N5O2S/c17-19(18,11-8-13-9-14-11)16-5-3-15(4-6-16)10-1-2-12-7-10/h8-10,12H,1-7H2,(H,13,14). The van der Waals surface area contributed by atoms with Crippen LogP contribution in [0.25, 0.3) is 0 Å². The topological polar surface area (TPSA) is 81.3 Å². The second-order valence-corrected chi connectivity index (χ2v) is 6.91. The summed E-state index contributed by atoms with van der Waals surface area (Å²) < 4.78 is 26.1. The molecular weight excluding hydrogens is 266 g/mol. The number of rotatable bonds is 3. The van der Waals surface area contributed by atoms with Crippen molar-refractivity contribution in [3.8, 4) is 0 Å². The quantitative estimate of drug-likeness (QED) is 0.750. The number of imidazole rings is 1. The lowest BCUT2D eigenvalue weighted by Gasteiger charge is -2.36. The van der Waals surface area contributed by atoms with Crippen LogP contribution in [0.3, 0.4) is 0 Å². The summed E-state index contributed by atoms with van der Waals surface area (Å²) in [6, 6.07) is 0.567. The molecule has 1 unspecified atom stereocenters. The minimum atomic E-state index is -3.39. The van der Waals surface area contributed by atoms with E-state index in [0.29, 0.717) is 19.1 Å². The van der Waals surface area contributed by atoms with E-state index in [1.807, 2.05) is 0 Å². The first-order valence-electron chi connectivity index (χ1n) is 6.61. The summed E-state index contributed by atoms with van der Waals surface area (Å²) in [5, 5.41) is 3.53. The predicted molar refractivity (Wildman–Crippen MR) is 70.2 cm³/mol. The van der Waals surface area contributed by atoms with Gasteiger partial charge in [0.2, 0.25) is 0 Å². The van der Waals surface area contributed by atoms with E-state index in [-0.39, 0.29) is 5.03 Å². The Kier molecular flexibility index (Phi) is 3.57. The largest absolute Gasteiger partial charge is 0.335 e. The molecule has 19 heavy (non-hydrogen) atoms. The van der Waals surface area contributed by atoms with E-state index in [1.54, 1.807) is 4.31 Å². The molecule has 1 aromatic rings. The van der Waals surface area contributed by atoms with Crippen molar-refractivity contribution in [1.29, 1.82) is 0 Å². The Balaban J connectivity index is 1.64. The first kappa shape index (κ1) is 13.0. The SMILES string of the molecule is O=S(=O)(c1cnc[nH]1)N1CCN(C2CCNC2)CC1. The Morgan fingerprint density at radius 3 is 2.63 bits per heavy atom. The van der Waals surface area contributed by atoms with Crippen molar-refractivity contribution >= 4 is 10.0 Å². The third kappa shape index (κ3) is 2.53. The maximum Gasteiger partial charge on any atom is 0.260 e. The Bertz CT molecular complexity index is 501. The summed E-state index contributed by atoms with van der Waals surface area (Å²) in [7, 11) is -3.39. The molecule has 106 valence electrons. The lowest BCUT2D eigenvalue weighted by molar-refractivity contribution is 0.145. The average molecular weight is 285 g/mol. The van der Waals surface area contributed by atoms with Gasteiger partial charge in [0.25, 0.3) is 10.0 Å². The molecule has 0 amide bonds. The highest BCUT2D eigenvalue weighted by Crippen LogP contribution is 2.17. The fraction of sp³-hybridized carbons (Fsp3) is 0.727. The third-order valence-corrected chi connectivity index (χ3v) is 5.74. The lowest BCUT2D eigenvalue weighted by Crippen LogP contribution is -2.52. The van der Waals surface area contributed by atoms with E-state index in [0.717, 1.165) is 32.6 Å². The van der Waals surface area contributed by atoms with Crippen molar-refractivity contribution in [2.75, 3.05) is 39.3 Å². The molecule has 0 spiro atoms. The van der Waals surface area contributed by atoms with Gasteiger partial charge in [0.1, 0.15) is 0 Å². The Hall–Kier alpha value is -0.960. The number of hydrogen-bond acceptors (Lipinski definition) is 5. The first-order valence-corrected chi connectivity index (χ1v) is 8.05. The summed E-state index contributed by atoms with van der Waals surface area (Å²) in [4.78, 5) is 8.85. The van der Waals surface area contributed by atoms with Gasteiger partial charge in [0, 0.05) is 38.8 Å². The average Bonchev–Trinajstić information content (AvgIpc) is 3.12. The second kappa shape index (κ2) is 5.20. The van der Waals surface area contributed by atoms with Gasteiger partial charge >= 0.3 is 0 Å².